The van der Waals surface area contributed by atoms with Crippen molar-refractivity contribution < 1.29 is 4.12 Å². The van der Waals surface area contributed by atoms with Crippen molar-refractivity contribution in [1.82, 2.24) is 0 Å². The third kappa shape index (κ3) is 7.37. The first-order valence-corrected chi connectivity index (χ1v) is 7.44. The largest absolute Gasteiger partial charge is 0.466 e. The van der Waals surface area contributed by atoms with Crippen LogP contribution in [0.15, 0.2) is 0 Å². The third-order valence-corrected chi connectivity index (χ3v) is 6.12. The monoisotopic (exact) mass is 236 g/mol. The van der Waals surface area contributed by atoms with Gasteiger partial charge in [0.1, 0.15) is 10.5 Å². The Balaban J connectivity index is 3.36. The van der Waals surface area contributed by atoms with Crippen molar-refractivity contribution in [2.75, 3.05) is 0 Å². The van der Waals surface area contributed by atoms with Gasteiger partial charge in [0, 0.05) is 0 Å². The molecule has 0 spiro atoms. The molecule has 0 aromatic heterocycles. The zero-order valence-corrected chi connectivity index (χ0v) is 11.5. The highest BCUT2D eigenvalue weighted by atomic mass is 35.6. The van der Waals surface area contributed by atoms with Gasteiger partial charge in [-0.2, -0.15) is 0 Å². The van der Waals surface area contributed by atoms with Gasteiger partial charge in [0.05, 0.1) is 0 Å². The Kier molecular flexibility index (Phi) is 5.64. The first-order chi connectivity index (χ1) is 4.45. The Labute approximate surface area is 81.3 Å². The molecule has 0 aliphatic heterocycles. The van der Waals surface area contributed by atoms with Gasteiger partial charge in [-0.25, -0.2) is 0 Å². The molecule has 0 rings (SSSR count). The molecule has 0 radical (unpaired) electrons. The van der Waals surface area contributed by atoms with Crippen molar-refractivity contribution in [3.8, 4) is 0 Å². The molecule has 0 aromatic rings. The summed E-state index contributed by atoms with van der Waals surface area (Å²) in [4.78, 5) is 0. The Bertz CT molecular complexity index is 95.0. The van der Waals surface area contributed by atoms with Crippen LogP contribution in [-0.2, 0) is 4.12 Å². The molecule has 10 heavy (non-hydrogen) atoms. The molecule has 0 saturated carbocycles. The molecule has 62 valence electrons. The summed E-state index contributed by atoms with van der Waals surface area (Å²) in [5.74, 6) is 0. The minimum atomic E-state index is -1.08. The fourth-order valence-electron chi connectivity index (χ4n) is 0.485. The fourth-order valence-corrected chi connectivity index (χ4v) is 3.14. The van der Waals surface area contributed by atoms with E-state index in [1.54, 1.807) is 0 Å². The molecule has 0 amide bonds. The molecule has 0 aliphatic rings. The van der Waals surface area contributed by atoms with Crippen LogP contribution >= 0.6 is 34.8 Å². The molecule has 6 heteroatoms. The highest BCUT2D eigenvalue weighted by molar-refractivity contribution is 6.68. The number of alkyl halides is 3. The predicted octanol–water partition coefficient (Wildman–Crippen LogP) is 1.40. The highest BCUT2D eigenvalue weighted by Gasteiger charge is 2.20. The summed E-state index contributed by atoms with van der Waals surface area (Å²) >= 11 is 16.6. The van der Waals surface area contributed by atoms with Gasteiger partial charge in [0.2, 0.25) is 0 Å². The number of hydrogen-bond donors (Lipinski definition) is 0. The Morgan fingerprint density at radius 1 is 1.50 bits per heavy atom. The van der Waals surface area contributed by atoms with Crippen LogP contribution in [0.2, 0.25) is 12.6 Å². The smallest absolute Gasteiger partial charge is 0.190 e. The zero-order valence-electron chi connectivity index (χ0n) is 6.03. The summed E-state index contributed by atoms with van der Waals surface area (Å²) in [6.45, 7) is 2.11. The highest BCUT2D eigenvalue weighted by Crippen LogP contribution is 2.31. The van der Waals surface area contributed by atoms with Crippen LogP contribution < -0.4 is 0 Å². The SMILES string of the molecule is C[SiH](CCC(Cl)(Cl)Cl)O[SiH3]. The van der Waals surface area contributed by atoms with E-state index in [1.807, 2.05) is 0 Å². The summed E-state index contributed by atoms with van der Waals surface area (Å²) in [5, 5.41) is 0. The van der Waals surface area contributed by atoms with E-state index in [2.05, 4.69) is 6.55 Å². The first-order valence-electron chi connectivity index (χ1n) is 3.05. The van der Waals surface area contributed by atoms with Crippen LogP contribution in [0.4, 0.5) is 0 Å². The second-order valence-corrected chi connectivity index (χ2v) is 8.80. The summed E-state index contributed by atoms with van der Waals surface area (Å²) in [6, 6.07) is 0.944. The maximum Gasteiger partial charge on any atom is 0.190 e. The molecular weight excluding hydrogens is 227 g/mol. The van der Waals surface area contributed by atoms with Crippen LogP contribution in [0, 0.1) is 0 Å². The van der Waals surface area contributed by atoms with Crippen molar-refractivity contribution in [3.05, 3.63) is 0 Å². The lowest BCUT2D eigenvalue weighted by molar-refractivity contribution is 0.630. The predicted molar refractivity (Wildman–Crippen MR) is 53.8 cm³/mol. The molecule has 0 aliphatic carbocycles. The normalized spacial score (nSPS) is 15.6. The van der Waals surface area contributed by atoms with E-state index >= 15 is 0 Å². The van der Waals surface area contributed by atoms with Crippen molar-refractivity contribution >= 4 is 54.3 Å². The second-order valence-electron chi connectivity index (χ2n) is 2.20. The quantitative estimate of drug-likeness (QED) is 0.533. The van der Waals surface area contributed by atoms with E-state index in [9.17, 15) is 0 Å². The Morgan fingerprint density at radius 2 is 2.00 bits per heavy atom. The van der Waals surface area contributed by atoms with E-state index in [1.165, 1.54) is 0 Å². The molecule has 0 saturated heterocycles. The van der Waals surface area contributed by atoms with Crippen molar-refractivity contribution in [2.45, 2.75) is 22.8 Å². The molecule has 0 aromatic carbocycles. The first kappa shape index (κ1) is 11.3. The molecule has 1 unspecified atom stereocenters. The fraction of sp³-hybridized carbons (Fsp3) is 1.00. The Hall–Kier alpha value is 1.26. The molecule has 1 nitrogen and oxygen atoms in total. The summed E-state index contributed by atoms with van der Waals surface area (Å²) in [5.41, 5.74) is 0. The summed E-state index contributed by atoms with van der Waals surface area (Å²) in [7, 11) is -0.166. The molecule has 0 heterocycles. The minimum absolute atomic E-state index is 0.618. The maximum absolute atomic E-state index is 5.54. The van der Waals surface area contributed by atoms with Gasteiger partial charge in [-0.15, -0.1) is 0 Å². The molecule has 1 atom stereocenters. The van der Waals surface area contributed by atoms with Crippen molar-refractivity contribution in [1.29, 1.82) is 0 Å². The van der Waals surface area contributed by atoms with Gasteiger partial charge >= 0.3 is 0 Å². The number of rotatable bonds is 3. The van der Waals surface area contributed by atoms with Crippen molar-refractivity contribution in [2.24, 2.45) is 0 Å². The van der Waals surface area contributed by atoms with E-state index in [0.29, 0.717) is 6.42 Å². The lowest BCUT2D eigenvalue weighted by Gasteiger charge is -2.12. The van der Waals surface area contributed by atoms with Gasteiger partial charge in [-0.3, -0.25) is 0 Å². The van der Waals surface area contributed by atoms with E-state index < -0.39 is 12.8 Å². The number of halogens is 3. The van der Waals surface area contributed by atoms with Gasteiger partial charge in [0.15, 0.2) is 12.8 Å². The molecular formula is C4H11Cl3OSi2. The number of hydrogen-bond acceptors (Lipinski definition) is 1. The van der Waals surface area contributed by atoms with Crippen LogP contribution in [0.3, 0.4) is 0 Å². The minimum Gasteiger partial charge on any atom is -0.466 e. The average Bonchev–Trinajstić information content (AvgIpc) is 1.81. The van der Waals surface area contributed by atoms with E-state index in [-0.39, 0.29) is 0 Å². The van der Waals surface area contributed by atoms with Gasteiger partial charge in [-0.1, -0.05) is 34.8 Å². The van der Waals surface area contributed by atoms with Crippen molar-refractivity contribution in [3.63, 3.8) is 0 Å². The van der Waals surface area contributed by atoms with Crippen LogP contribution in [0.5, 0.6) is 0 Å². The third-order valence-electron chi connectivity index (χ3n) is 1.24. The Morgan fingerprint density at radius 3 is 2.30 bits per heavy atom. The lowest BCUT2D eigenvalue weighted by atomic mass is 10.6. The van der Waals surface area contributed by atoms with Gasteiger partial charge in [0.25, 0.3) is 0 Å². The standard InChI is InChI=1S/C4H11Cl3OSi2/c1-10(8-9)3-2-4(5,6)7/h10H,2-3H2,1,9H3. The zero-order chi connectivity index (χ0) is 8.20. The van der Waals surface area contributed by atoms with Crippen LogP contribution in [0.1, 0.15) is 6.42 Å². The topological polar surface area (TPSA) is 9.23 Å². The second kappa shape index (κ2) is 5.01. The average molecular weight is 238 g/mol. The van der Waals surface area contributed by atoms with Gasteiger partial charge in [-0.05, 0) is 19.0 Å². The summed E-state index contributed by atoms with van der Waals surface area (Å²) in [6.07, 6.45) is 0.618. The molecule has 0 N–H and O–H groups in total. The maximum atomic E-state index is 5.54. The summed E-state index contributed by atoms with van der Waals surface area (Å²) < 4.78 is 4.17. The molecule has 0 fully saturated rings. The van der Waals surface area contributed by atoms with Crippen LogP contribution in [-0.4, -0.2) is 23.3 Å². The van der Waals surface area contributed by atoms with Crippen LogP contribution in [0.25, 0.3) is 0 Å². The molecule has 0 bridgehead atoms. The van der Waals surface area contributed by atoms with E-state index in [0.717, 1.165) is 16.5 Å². The lowest BCUT2D eigenvalue weighted by Crippen LogP contribution is -2.14. The van der Waals surface area contributed by atoms with E-state index in [4.69, 9.17) is 38.9 Å². The van der Waals surface area contributed by atoms with Gasteiger partial charge < -0.3 is 4.12 Å².